The molecule has 0 saturated carbocycles. The first-order chi connectivity index (χ1) is 13.3. The second kappa shape index (κ2) is 7.09. The third-order valence-electron chi connectivity index (χ3n) is 5.14. The van der Waals surface area contributed by atoms with Gasteiger partial charge in [0.25, 0.3) is 5.91 Å². The van der Waals surface area contributed by atoms with E-state index in [0.717, 1.165) is 29.7 Å². The molecule has 1 aliphatic carbocycles. The molecular formula is C21H23ClN4O2. The second-order valence-electron chi connectivity index (χ2n) is 8.24. The molecule has 0 fully saturated rings. The number of halogens is 1. The number of rotatable bonds is 4. The van der Waals surface area contributed by atoms with Crippen molar-refractivity contribution < 1.29 is 9.32 Å². The number of amides is 1. The number of carbonyl (C=O) groups is 1. The van der Waals surface area contributed by atoms with Crippen molar-refractivity contribution in [2.24, 2.45) is 5.41 Å². The Labute approximate surface area is 168 Å². The van der Waals surface area contributed by atoms with Gasteiger partial charge in [-0.1, -0.05) is 42.7 Å². The maximum absolute atomic E-state index is 12.6. The minimum absolute atomic E-state index is 0.0361. The number of nitrogens with zero attached hydrogens (tertiary/aromatic N) is 3. The first-order valence-corrected chi connectivity index (χ1v) is 9.72. The summed E-state index contributed by atoms with van der Waals surface area (Å²) < 4.78 is 7.12. The average molecular weight is 399 g/mol. The number of benzene rings is 1. The molecule has 6 nitrogen and oxygen atoms in total. The Kier molecular flexibility index (Phi) is 4.75. The number of aromatic nitrogens is 3. The lowest BCUT2D eigenvalue weighted by atomic mass is 9.74. The van der Waals surface area contributed by atoms with E-state index in [0.29, 0.717) is 17.3 Å². The van der Waals surface area contributed by atoms with Crippen LogP contribution in [0.3, 0.4) is 0 Å². The van der Waals surface area contributed by atoms with Crippen LogP contribution in [-0.4, -0.2) is 20.8 Å². The third-order valence-corrected chi connectivity index (χ3v) is 5.37. The fourth-order valence-corrected chi connectivity index (χ4v) is 4.08. The zero-order valence-corrected chi connectivity index (χ0v) is 17.0. The Morgan fingerprint density at radius 2 is 2.21 bits per heavy atom. The molecule has 146 valence electrons. The Morgan fingerprint density at radius 3 is 2.93 bits per heavy atom. The summed E-state index contributed by atoms with van der Waals surface area (Å²) in [6.07, 6.45) is 3.60. The molecule has 1 N–H and O–H groups in total. The van der Waals surface area contributed by atoms with E-state index < -0.39 is 0 Å². The molecule has 1 amide bonds. The summed E-state index contributed by atoms with van der Waals surface area (Å²) in [6.45, 7) is 6.87. The van der Waals surface area contributed by atoms with Crippen LogP contribution >= 0.6 is 11.6 Å². The zero-order valence-electron chi connectivity index (χ0n) is 16.2. The number of aryl methyl sites for hydroxylation is 1. The Morgan fingerprint density at radius 1 is 1.39 bits per heavy atom. The number of hydrogen-bond acceptors (Lipinski definition) is 4. The second-order valence-corrected chi connectivity index (χ2v) is 8.67. The van der Waals surface area contributed by atoms with Gasteiger partial charge in [-0.3, -0.25) is 9.48 Å². The summed E-state index contributed by atoms with van der Waals surface area (Å²) in [5.74, 6) is -0.0226. The molecule has 0 spiro atoms. The SMILES string of the molecule is Cc1cc(C(=O)N[C@@H]2CC(C)(C)Cc3c2cnn3Cc2cccc(Cl)c2)on1. The fourth-order valence-electron chi connectivity index (χ4n) is 3.87. The Hall–Kier alpha value is -2.60. The molecule has 1 atom stereocenters. The van der Waals surface area contributed by atoms with Crippen molar-refractivity contribution in [2.75, 3.05) is 0 Å². The van der Waals surface area contributed by atoms with Crippen LogP contribution in [0.5, 0.6) is 0 Å². The summed E-state index contributed by atoms with van der Waals surface area (Å²) in [5, 5.41) is 12.2. The molecule has 0 aliphatic heterocycles. The molecule has 7 heteroatoms. The maximum Gasteiger partial charge on any atom is 0.290 e. The van der Waals surface area contributed by atoms with E-state index in [-0.39, 0.29) is 23.1 Å². The van der Waals surface area contributed by atoms with Crippen LogP contribution in [0.2, 0.25) is 5.02 Å². The highest BCUT2D eigenvalue weighted by molar-refractivity contribution is 6.30. The van der Waals surface area contributed by atoms with Crippen LogP contribution in [0.4, 0.5) is 0 Å². The summed E-state index contributed by atoms with van der Waals surface area (Å²) in [5.41, 5.74) is 4.03. The van der Waals surface area contributed by atoms with Gasteiger partial charge in [0, 0.05) is 22.3 Å². The molecule has 1 aliphatic rings. The van der Waals surface area contributed by atoms with Gasteiger partial charge in [0.2, 0.25) is 5.76 Å². The predicted molar refractivity (Wildman–Crippen MR) is 106 cm³/mol. The van der Waals surface area contributed by atoms with E-state index in [4.69, 9.17) is 16.1 Å². The normalized spacial score (nSPS) is 17.9. The van der Waals surface area contributed by atoms with Crippen LogP contribution in [0.15, 0.2) is 41.1 Å². The van der Waals surface area contributed by atoms with E-state index >= 15 is 0 Å². The van der Waals surface area contributed by atoms with Crippen LogP contribution < -0.4 is 5.32 Å². The van der Waals surface area contributed by atoms with Crippen molar-refractivity contribution in [1.29, 1.82) is 0 Å². The van der Waals surface area contributed by atoms with Crippen molar-refractivity contribution in [1.82, 2.24) is 20.3 Å². The highest BCUT2D eigenvalue weighted by Crippen LogP contribution is 2.41. The molecule has 28 heavy (non-hydrogen) atoms. The highest BCUT2D eigenvalue weighted by Gasteiger charge is 2.36. The van der Waals surface area contributed by atoms with Gasteiger partial charge in [-0.05, 0) is 42.9 Å². The Balaban J connectivity index is 1.61. The first kappa shape index (κ1) is 18.7. The van der Waals surface area contributed by atoms with Crippen LogP contribution in [0.25, 0.3) is 0 Å². The fraction of sp³-hybridized carbons (Fsp3) is 0.381. The van der Waals surface area contributed by atoms with Crippen molar-refractivity contribution in [3.63, 3.8) is 0 Å². The summed E-state index contributed by atoms with van der Waals surface area (Å²) in [7, 11) is 0. The monoisotopic (exact) mass is 398 g/mol. The van der Waals surface area contributed by atoms with Crippen molar-refractivity contribution in [2.45, 2.75) is 46.2 Å². The molecule has 0 saturated heterocycles. The molecule has 4 rings (SSSR count). The van der Waals surface area contributed by atoms with Crippen molar-refractivity contribution in [3.05, 3.63) is 69.8 Å². The minimum Gasteiger partial charge on any atom is -0.351 e. The molecular weight excluding hydrogens is 376 g/mol. The highest BCUT2D eigenvalue weighted by atomic mass is 35.5. The van der Waals surface area contributed by atoms with E-state index in [9.17, 15) is 4.79 Å². The minimum atomic E-state index is -0.253. The zero-order chi connectivity index (χ0) is 19.9. The standard InChI is InChI=1S/C21H23ClN4O2/c1-13-7-19(28-25-13)20(27)24-17-9-21(2,3)10-18-16(17)11-23-26(18)12-14-5-4-6-15(22)8-14/h4-8,11,17H,9-10,12H2,1-3H3,(H,24,27)/t17-/m1/s1. The van der Waals surface area contributed by atoms with Crippen LogP contribution in [0.1, 0.15) is 59.4 Å². The molecule has 0 unspecified atom stereocenters. The van der Waals surface area contributed by atoms with Gasteiger partial charge in [0.1, 0.15) is 0 Å². The van der Waals surface area contributed by atoms with Gasteiger partial charge in [0.15, 0.2) is 0 Å². The summed E-state index contributed by atoms with van der Waals surface area (Å²) in [6, 6.07) is 9.33. The topological polar surface area (TPSA) is 73.0 Å². The maximum atomic E-state index is 12.6. The summed E-state index contributed by atoms with van der Waals surface area (Å²) in [4.78, 5) is 12.6. The van der Waals surface area contributed by atoms with Gasteiger partial charge >= 0.3 is 0 Å². The number of hydrogen-bond donors (Lipinski definition) is 1. The molecule has 2 heterocycles. The van der Waals surface area contributed by atoms with E-state index in [1.165, 1.54) is 0 Å². The summed E-state index contributed by atoms with van der Waals surface area (Å²) >= 11 is 6.12. The molecule has 2 aromatic heterocycles. The lowest BCUT2D eigenvalue weighted by Gasteiger charge is -2.35. The number of carbonyl (C=O) groups excluding carboxylic acids is 1. The lowest BCUT2D eigenvalue weighted by molar-refractivity contribution is 0.0881. The predicted octanol–water partition coefficient (Wildman–Crippen LogP) is 4.32. The lowest BCUT2D eigenvalue weighted by Crippen LogP contribution is -2.36. The van der Waals surface area contributed by atoms with Gasteiger partial charge in [-0.25, -0.2) is 0 Å². The van der Waals surface area contributed by atoms with Crippen LogP contribution in [0, 0.1) is 12.3 Å². The van der Waals surface area contributed by atoms with E-state index in [2.05, 4.69) is 29.4 Å². The van der Waals surface area contributed by atoms with Gasteiger partial charge in [-0.2, -0.15) is 5.10 Å². The Bertz CT molecular complexity index is 1020. The third kappa shape index (κ3) is 3.83. The largest absolute Gasteiger partial charge is 0.351 e. The smallest absolute Gasteiger partial charge is 0.290 e. The van der Waals surface area contributed by atoms with Gasteiger partial charge in [0.05, 0.1) is 24.5 Å². The van der Waals surface area contributed by atoms with Crippen molar-refractivity contribution >= 4 is 17.5 Å². The van der Waals surface area contributed by atoms with Crippen molar-refractivity contribution in [3.8, 4) is 0 Å². The quantitative estimate of drug-likeness (QED) is 0.710. The average Bonchev–Trinajstić information content (AvgIpc) is 3.21. The first-order valence-electron chi connectivity index (χ1n) is 9.34. The molecule has 1 aromatic carbocycles. The molecule has 0 bridgehead atoms. The number of nitrogens with one attached hydrogen (secondary N) is 1. The van der Waals surface area contributed by atoms with Gasteiger partial charge < -0.3 is 9.84 Å². The molecule has 3 aromatic rings. The van der Waals surface area contributed by atoms with E-state index in [1.54, 1.807) is 13.0 Å². The number of fused-ring (bicyclic) bond motifs is 1. The van der Waals surface area contributed by atoms with Crippen LogP contribution in [-0.2, 0) is 13.0 Å². The van der Waals surface area contributed by atoms with E-state index in [1.807, 2.05) is 35.1 Å². The molecule has 0 radical (unpaired) electrons. The van der Waals surface area contributed by atoms with Gasteiger partial charge in [-0.15, -0.1) is 0 Å².